The van der Waals surface area contributed by atoms with Gasteiger partial charge in [0.2, 0.25) is 5.91 Å². The number of carbonyl (C=O) groups is 3. The van der Waals surface area contributed by atoms with Crippen LogP contribution in [0.4, 0.5) is 11.4 Å². The first-order valence-electron chi connectivity index (χ1n) is 12.9. The maximum atomic E-state index is 14.6. The first-order valence-corrected chi connectivity index (χ1v) is 13.7. The lowest BCUT2D eigenvalue weighted by Crippen LogP contribution is -2.51. The summed E-state index contributed by atoms with van der Waals surface area (Å²) < 4.78 is 0.854. The molecular weight excluding hydrogens is 552 g/mol. The van der Waals surface area contributed by atoms with Crippen molar-refractivity contribution in [2.45, 2.75) is 17.5 Å². The standard InChI is InChI=1S/C33H23BrN2O3/c34-23-17-14-22(15-18-23)31(38)29-28(30(37)21-9-2-1-3-10-21)33(24-11-5-6-12-25(24)35-32(33)39)27-19-16-20-8-4-7-13-26(20)36(27)29/h1-19,27-29H,(H,35,39). The van der Waals surface area contributed by atoms with Gasteiger partial charge in [0.25, 0.3) is 0 Å². The number of benzene rings is 4. The quantitative estimate of drug-likeness (QED) is 0.290. The van der Waals surface area contributed by atoms with Gasteiger partial charge in [-0.3, -0.25) is 14.4 Å². The molecule has 5 nitrogen and oxygen atoms in total. The Bertz CT molecular complexity index is 1680. The van der Waals surface area contributed by atoms with E-state index in [4.69, 9.17) is 0 Å². The van der Waals surface area contributed by atoms with E-state index in [-0.39, 0.29) is 17.5 Å². The fourth-order valence-electron chi connectivity index (χ4n) is 6.69. The van der Waals surface area contributed by atoms with Crippen molar-refractivity contribution in [1.82, 2.24) is 0 Å². The Hall–Kier alpha value is -4.29. The maximum Gasteiger partial charge on any atom is 0.238 e. The van der Waals surface area contributed by atoms with Crippen molar-refractivity contribution in [1.29, 1.82) is 0 Å². The number of rotatable bonds is 4. The number of anilines is 2. The van der Waals surface area contributed by atoms with Crippen LogP contribution in [-0.4, -0.2) is 29.6 Å². The lowest BCUT2D eigenvalue weighted by Gasteiger charge is -2.37. The molecule has 0 bridgehead atoms. The molecule has 1 amide bonds. The summed E-state index contributed by atoms with van der Waals surface area (Å²) >= 11 is 3.46. The molecule has 4 atom stereocenters. The number of ketones is 2. The monoisotopic (exact) mass is 574 g/mol. The number of nitrogens with zero attached hydrogens (tertiary/aromatic N) is 1. The first kappa shape index (κ1) is 23.8. The Labute approximate surface area is 234 Å². The number of fused-ring (bicyclic) bond motifs is 6. The predicted octanol–water partition coefficient (Wildman–Crippen LogP) is 6.31. The van der Waals surface area contributed by atoms with Crippen LogP contribution in [-0.2, 0) is 10.2 Å². The second-order valence-electron chi connectivity index (χ2n) is 10.2. The number of hydrogen-bond donors (Lipinski definition) is 1. The summed E-state index contributed by atoms with van der Waals surface area (Å²) in [4.78, 5) is 45.5. The highest BCUT2D eigenvalue weighted by atomic mass is 79.9. The summed E-state index contributed by atoms with van der Waals surface area (Å²) in [5, 5.41) is 3.06. The number of halogens is 1. The predicted molar refractivity (Wildman–Crippen MR) is 155 cm³/mol. The first-order chi connectivity index (χ1) is 19.0. The Balaban J connectivity index is 1.54. The Morgan fingerprint density at radius 2 is 1.44 bits per heavy atom. The van der Waals surface area contributed by atoms with Crippen molar-refractivity contribution in [2.24, 2.45) is 5.92 Å². The van der Waals surface area contributed by atoms with Gasteiger partial charge < -0.3 is 10.2 Å². The van der Waals surface area contributed by atoms with Gasteiger partial charge in [0.05, 0.1) is 12.0 Å². The topological polar surface area (TPSA) is 66.5 Å². The number of nitrogens with one attached hydrogen (secondary N) is 1. The van der Waals surface area contributed by atoms with E-state index >= 15 is 0 Å². The third-order valence-corrected chi connectivity index (χ3v) is 8.81. The Morgan fingerprint density at radius 1 is 0.769 bits per heavy atom. The number of hydrogen-bond acceptors (Lipinski definition) is 4. The summed E-state index contributed by atoms with van der Waals surface area (Å²) in [5.41, 5.74) is 2.86. The largest absolute Gasteiger partial charge is 0.352 e. The molecule has 0 aliphatic carbocycles. The molecule has 3 aliphatic rings. The second-order valence-corrected chi connectivity index (χ2v) is 11.1. The molecule has 190 valence electrons. The van der Waals surface area contributed by atoms with E-state index in [1.165, 1.54) is 0 Å². The zero-order valence-electron chi connectivity index (χ0n) is 20.8. The molecule has 1 spiro atoms. The van der Waals surface area contributed by atoms with Gasteiger partial charge in [-0.2, -0.15) is 0 Å². The number of Topliss-reactive ketones (excluding diaryl/α,β-unsaturated/α-hetero) is 2. The summed E-state index contributed by atoms with van der Waals surface area (Å²) in [5.74, 6) is -1.65. The normalized spacial score (nSPS) is 24.2. The summed E-state index contributed by atoms with van der Waals surface area (Å²) in [6.45, 7) is 0. The van der Waals surface area contributed by atoms with Crippen LogP contribution >= 0.6 is 15.9 Å². The molecule has 7 rings (SSSR count). The van der Waals surface area contributed by atoms with Crippen LogP contribution < -0.4 is 10.2 Å². The lowest BCUT2D eigenvalue weighted by atomic mass is 9.64. The fourth-order valence-corrected chi connectivity index (χ4v) is 6.95. The Morgan fingerprint density at radius 3 is 2.23 bits per heavy atom. The van der Waals surface area contributed by atoms with E-state index in [9.17, 15) is 14.4 Å². The molecule has 1 N–H and O–H groups in total. The highest BCUT2D eigenvalue weighted by molar-refractivity contribution is 9.10. The molecule has 6 heteroatoms. The van der Waals surface area contributed by atoms with Crippen LogP contribution in [0.1, 0.15) is 31.8 Å². The average molecular weight is 575 g/mol. The van der Waals surface area contributed by atoms with Crippen LogP contribution in [0, 0.1) is 5.92 Å². The summed E-state index contributed by atoms with van der Waals surface area (Å²) in [6, 6.07) is 30.1. The van der Waals surface area contributed by atoms with Crippen LogP contribution in [0.2, 0.25) is 0 Å². The molecule has 0 saturated carbocycles. The molecule has 0 radical (unpaired) electrons. The van der Waals surface area contributed by atoms with Crippen molar-refractivity contribution >= 4 is 50.9 Å². The number of para-hydroxylation sites is 2. The molecular formula is C33H23BrN2O3. The van der Waals surface area contributed by atoms with Crippen molar-refractivity contribution in [3.63, 3.8) is 0 Å². The van der Waals surface area contributed by atoms with Gasteiger partial charge >= 0.3 is 0 Å². The lowest BCUT2D eigenvalue weighted by molar-refractivity contribution is -0.121. The van der Waals surface area contributed by atoms with E-state index in [1.54, 1.807) is 24.3 Å². The fraction of sp³-hybridized carbons (Fsp3) is 0.121. The molecule has 3 heterocycles. The van der Waals surface area contributed by atoms with Gasteiger partial charge in [-0.25, -0.2) is 0 Å². The highest BCUT2D eigenvalue weighted by Crippen LogP contribution is 2.58. The Kier molecular flexibility index (Phi) is 5.42. The molecule has 0 aromatic heterocycles. The van der Waals surface area contributed by atoms with E-state index in [2.05, 4.69) is 21.2 Å². The zero-order chi connectivity index (χ0) is 26.7. The number of amides is 1. The van der Waals surface area contributed by atoms with Crippen LogP contribution in [0.3, 0.4) is 0 Å². The summed E-state index contributed by atoms with van der Waals surface area (Å²) in [6.07, 6.45) is 3.99. The van der Waals surface area contributed by atoms with E-state index in [1.807, 2.05) is 95.9 Å². The van der Waals surface area contributed by atoms with E-state index < -0.39 is 23.4 Å². The van der Waals surface area contributed by atoms with Gasteiger partial charge in [-0.15, -0.1) is 0 Å². The van der Waals surface area contributed by atoms with E-state index in [0.717, 1.165) is 21.3 Å². The molecule has 39 heavy (non-hydrogen) atoms. The maximum absolute atomic E-state index is 14.6. The molecule has 1 fully saturated rings. The second kappa shape index (κ2) is 8.89. The van der Waals surface area contributed by atoms with Crippen molar-refractivity contribution < 1.29 is 14.4 Å². The van der Waals surface area contributed by atoms with Gasteiger partial charge in [-0.1, -0.05) is 107 Å². The van der Waals surface area contributed by atoms with Gasteiger partial charge in [-0.05, 0) is 35.4 Å². The molecule has 4 aromatic rings. The van der Waals surface area contributed by atoms with Gasteiger partial charge in [0, 0.05) is 27.0 Å². The summed E-state index contributed by atoms with van der Waals surface area (Å²) in [7, 11) is 0. The minimum atomic E-state index is -1.30. The van der Waals surface area contributed by atoms with Crippen LogP contribution in [0.5, 0.6) is 0 Å². The minimum absolute atomic E-state index is 0.194. The minimum Gasteiger partial charge on any atom is -0.352 e. The van der Waals surface area contributed by atoms with Crippen molar-refractivity contribution in [3.8, 4) is 0 Å². The van der Waals surface area contributed by atoms with Crippen LogP contribution in [0.25, 0.3) is 6.08 Å². The SMILES string of the molecule is O=C(c1ccc(Br)cc1)C1C(C(=O)c2ccccc2)C2(C(=O)Nc3ccccc32)C2C=Cc3ccccc3N12. The third-order valence-electron chi connectivity index (χ3n) is 8.28. The van der Waals surface area contributed by atoms with Gasteiger partial charge in [0.15, 0.2) is 11.6 Å². The average Bonchev–Trinajstić information content (AvgIpc) is 3.45. The molecule has 1 saturated heterocycles. The number of carbonyl (C=O) groups excluding carboxylic acids is 3. The van der Waals surface area contributed by atoms with Crippen molar-refractivity contribution in [3.05, 3.63) is 136 Å². The van der Waals surface area contributed by atoms with Crippen LogP contribution in [0.15, 0.2) is 114 Å². The van der Waals surface area contributed by atoms with E-state index in [0.29, 0.717) is 16.8 Å². The zero-order valence-corrected chi connectivity index (χ0v) is 22.3. The third kappa shape index (κ3) is 3.34. The molecule has 4 aromatic carbocycles. The molecule has 4 unspecified atom stereocenters. The smallest absolute Gasteiger partial charge is 0.238 e. The highest BCUT2D eigenvalue weighted by Gasteiger charge is 2.70. The molecule has 3 aliphatic heterocycles. The van der Waals surface area contributed by atoms with Gasteiger partial charge in [0.1, 0.15) is 11.5 Å². The van der Waals surface area contributed by atoms with Crippen molar-refractivity contribution in [2.75, 3.05) is 10.2 Å².